The molecular weight excluding hydrogens is 162 g/mol. The fourth-order valence-electron chi connectivity index (χ4n) is 1.75. The summed E-state index contributed by atoms with van der Waals surface area (Å²) >= 11 is 0. The Balaban J connectivity index is 2.01. The lowest BCUT2D eigenvalue weighted by Crippen LogP contribution is -2.16. The first-order valence-corrected chi connectivity index (χ1v) is 5.02. The van der Waals surface area contributed by atoms with Crippen LogP contribution in [0.3, 0.4) is 0 Å². The fourth-order valence-corrected chi connectivity index (χ4v) is 1.75. The molecule has 0 spiro atoms. The van der Waals surface area contributed by atoms with Gasteiger partial charge in [0.1, 0.15) is 5.76 Å². The normalized spacial score (nSPS) is 18.9. The third-order valence-electron chi connectivity index (χ3n) is 2.77. The van der Waals surface area contributed by atoms with Crippen molar-refractivity contribution in [2.45, 2.75) is 32.2 Å². The van der Waals surface area contributed by atoms with Gasteiger partial charge < -0.3 is 9.73 Å². The zero-order chi connectivity index (χ0) is 9.26. The van der Waals surface area contributed by atoms with E-state index in [0.29, 0.717) is 6.04 Å². The lowest BCUT2D eigenvalue weighted by Gasteiger charge is -2.12. The van der Waals surface area contributed by atoms with Crippen LogP contribution in [-0.4, -0.2) is 7.05 Å². The molecule has 0 saturated heterocycles. The summed E-state index contributed by atoms with van der Waals surface area (Å²) in [6.07, 6.45) is 5.96. The van der Waals surface area contributed by atoms with E-state index >= 15 is 0 Å². The van der Waals surface area contributed by atoms with Crippen LogP contribution in [-0.2, 0) is 0 Å². The quantitative estimate of drug-likeness (QED) is 0.768. The SMILES string of the molecule is CNC(CC1CC1)c1coc(C)c1. The van der Waals surface area contributed by atoms with Gasteiger partial charge in [-0.2, -0.15) is 0 Å². The highest BCUT2D eigenvalue weighted by molar-refractivity contribution is 5.16. The molecule has 1 saturated carbocycles. The Morgan fingerprint density at radius 3 is 2.85 bits per heavy atom. The van der Waals surface area contributed by atoms with E-state index in [1.165, 1.54) is 24.8 Å². The molecule has 0 radical (unpaired) electrons. The third-order valence-corrected chi connectivity index (χ3v) is 2.77. The lowest BCUT2D eigenvalue weighted by atomic mass is 10.0. The predicted octanol–water partition coefficient (Wildman–Crippen LogP) is 2.65. The smallest absolute Gasteiger partial charge is 0.101 e. The standard InChI is InChI=1S/C11H17NO/c1-8-5-10(7-13-8)11(12-2)6-9-3-4-9/h5,7,9,11-12H,3-4,6H2,1-2H3. The first-order chi connectivity index (χ1) is 6.29. The van der Waals surface area contributed by atoms with Gasteiger partial charge in [0, 0.05) is 11.6 Å². The van der Waals surface area contributed by atoms with E-state index in [0.717, 1.165) is 11.7 Å². The van der Waals surface area contributed by atoms with Crippen LogP contribution in [0.25, 0.3) is 0 Å². The molecule has 1 N–H and O–H groups in total. The molecule has 13 heavy (non-hydrogen) atoms. The molecule has 1 heterocycles. The summed E-state index contributed by atoms with van der Waals surface area (Å²) in [5.41, 5.74) is 1.30. The molecule has 1 atom stereocenters. The van der Waals surface area contributed by atoms with E-state index in [4.69, 9.17) is 4.42 Å². The summed E-state index contributed by atoms with van der Waals surface area (Å²) in [5, 5.41) is 3.34. The van der Waals surface area contributed by atoms with Crippen LogP contribution in [0.2, 0.25) is 0 Å². The van der Waals surface area contributed by atoms with Gasteiger partial charge in [0.05, 0.1) is 6.26 Å². The number of furan rings is 1. The highest BCUT2D eigenvalue weighted by Crippen LogP contribution is 2.37. The van der Waals surface area contributed by atoms with Crippen molar-refractivity contribution in [3.8, 4) is 0 Å². The number of hydrogen-bond donors (Lipinski definition) is 1. The summed E-state index contributed by atoms with van der Waals surface area (Å²) in [4.78, 5) is 0. The summed E-state index contributed by atoms with van der Waals surface area (Å²) in [6, 6.07) is 2.62. The molecule has 1 fully saturated rings. The van der Waals surface area contributed by atoms with Crippen LogP contribution in [0.4, 0.5) is 0 Å². The summed E-state index contributed by atoms with van der Waals surface area (Å²) in [5.74, 6) is 1.96. The first-order valence-electron chi connectivity index (χ1n) is 5.02. The number of nitrogens with one attached hydrogen (secondary N) is 1. The van der Waals surface area contributed by atoms with E-state index in [1.807, 2.05) is 20.2 Å². The second-order valence-corrected chi connectivity index (χ2v) is 4.01. The van der Waals surface area contributed by atoms with Gasteiger partial charge in [-0.1, -0.05) is 12.8 Å². The predicted molar refractivity (Wildman–Crippen MR) is 52.6 cm³/mol. The van der Waals surface area contributed by atoms with Crippen LogP contribution in [0.15, 0.2) is 16.7 Å². The second kappa shape index (κ2) is 3.54. The highest BCUT2D eigenvalue weighted by Gasteiger charge is 2.26. The van der Waals surface area contributed by atoms with Gasteiger partial charge in [-0.25, -0.2) is 0 Å². The highest BCUT2D eigenvalue weighted by atomic mass is 16.3. The van der Waals surface area contributed by atoms with Crippen LogP contribution in [0.5, 0.6) is 0 Å². The Kier molecular flexibility index (Phi) is 2.40. The van der Waals surface area contributed by atoms with Gasteiger partial charge in [0.25, 0.3) is 0 Å². The summed E-state index contributed by atoms with van der Waals surface area (Å²) in [6.45, 7) is 1.99. The van der Waals surface area contributed by atoms with Gasteiger partial charge in [0.2, 0.25) is 0 Å². The minimum absolute atomic E-state index is 0.491. The monoisotopic (exact) mass is 179 g/mol. The van der Waals surface area contributed by atoms with Crippen molar-refractivity contribution >= 4 is 0 Å². The Morgan fingerprint density at radius 1 is 1.62 bits per heavy atom. The van der Waals surface area contributed by atoms with E-state index in [1.54, 1.807) is 0 Å². The van der Waals surface area contributed by atoms with Crippen LogP contribution < -0.4 is 5.32 Å². The zero-order valence-corrected chi connectivity index (χ0v) is 8.34. The van der Waals surface area contributed by atoms with Crippen molar-refractivity contribution in [1.29, 1.82) is 0 Å². The molecule has 2 heteroatoms. The maximum Gasteiger partial charge on any atom is 0.101 e. The van der Waals surface area contributed by atoms with Crippen LogP contribution >= 0.6 is 0 Å². The lowest BCUT2D eigenvalue weighted by molar-refractivity contribution is 0.494. The molecule has 2 nitrogen and oxygen atoms in total. The molecule has 0 aromatic carbocycles. The van der Waals surface area contributed by atoms with Crippen molar-refractivity contribution < 1.29 is 4.42 Å². The molecule has 1 unspecified atom stereocenters. The third kappa shape index (κ3) is 2.13. The van der Waals surface area contributed by atoms with Gasteiger partial charge in [0.15, 0.2) is 0 Å². The molecule has 0 amide bonds. The van der Waals surface area contributed by atoms with E-state index in [9.17, 15) is 0 Å². The second-order valence-electron chi connectivity index (χ2n) is 4.01. The minimum Gasteiger partial charge on any atom is -0.469 e. The Bertz CT molecular complexity index is 275. The summed E-state index contributed by atoms with van der Waals surface area (Å²) in [7, 11) is 2.02. The Labute approximate surface area is 79.3 Å². The van der Waals surface area contributed by atoms with Crippen LogP contribution in [0.1, 0.15) is 36.6 Å². The van der Waals surface area contributed by atoms with Gasteiger partial charge in [-0.05, 0) is 32.4 Å². The van der Waals surface area contributed by atoms with Crippen molar-refractivity contribution in [3.63, 3.8) is 0 Å². The number of hydrogen-bond acceptors (Lipinski definition) is 2. The van der Waals surface area contributed by atoms with Crippen molar-refractivity contribution in [2.75, 3.05) is 7.05 Å². The first kappa shape index (κ1) is 8.82. The maximum atomic E-state index is 5.31. The van der Waals surface area contributed by atoms with Gasteiger partial charge >= 0.3 is 0 Å². The van der Waals surface area contributed by atoms with Crippen molar-refractivity contribution in [2.24, 2.45) is 5.92 Å². The summed E-state index contributed by atoms with van der Waals surface area (Å²) < 4.78 is 5.31. The minimum atomic E-state index is 0.491. The van der Waals surface area contributed by atoms with Crippen molar-refractivity contribution in [1.82, 2.24) is 5.32 Å². The number of aryl methyl sites for hydroxylation is 1. The van der Waals surface area contributed by atoms with E-state index < -0.39 is 0 Å². The molecule has 1 aromatic heterocycles. The van der Waals surface area contributed by atoms with Gasteiger partial charge in [-0.15, -0.1) is 0 Å². The molecule has 1 aromatic rings. The van der Waals surface area contributed by atoms with E-state index in [-0.39, 0.29) is 0 Å². The topological polar surface area (TPSA) is 25.2 Å². The zero-order valence-electron chi connectivity index (χ0n) is 8.34. The van der Waals surface area contributed by atoms with Crippen LogP contribution in [0, 0.1) is 12.8 Å². The Hall–Kier alpha value is -0.760. The molecule has 1 aliphatic rings. The largest absolute Gasteiger partial charge is 0.469 e. The molecule has 2 rings (SSSR count). The number of rotatable bonds is 4. The van der Waals surface area contributed by atoms with Gasteiger partial charge in [-0.3, -0.25) is 0 Å². The molecule has 1 aliphatic carbocycles. The molecular formula is C11H17NO. The molecule has 0 bridgehead atoms. The fraction of sp³-hybridized carbons (Fsp3) is 0.636. The Morgan fingerprint density at radius 2 is 2.38 bits per heavy atom. The average Bonchev–Trinajstić information content (AvgIpc) is 2.84. The average molecular weight is 179 g/mol. The van der Waals surface area contributed by atoms with Crippen molar-refractivity contribution in [3.05, 3.63) is 23.7 Å². The molecule has 72 valence electrons. The molecule has 0 aliphatic heterocycles. The maximum absolute atomic E-state index is 5.31. The van der Waals surface area contributed by atoms with E-state index in [2.05, 4.69) is 11.4 Å².